The van der Waals surface area contributed by atoms with Gasteiger partial charge in [0, 0.05) is 4.88 Å². The fraction of sp³-hybridized carbons (Fsp3) is 0.429. The quantitative estimate of drug-likeness (QED) is 0.640. The molecule has 0 spiro atoms. The second kappa shape index (κ2) is 8.87. The first-order valence-electron chi connectivity index (χ1n) is 7.08. The van der Waals surface area contributed by atoms with Crippen LogP contribution in [-0.2, 0) is 9.47 Å². The summed E-state index contributed by atoms with van der Waals surface area (Å²) < 4.78 is 9.80. The molecule has 0 aliphatic rings. The fourth-order valence-electron chi connectivity index (χ4n) is 1.48. The Morgan fingerprint density at radius 2 is 1.92 bits per heavy atom. The topological polar surface area (TPSA) is 111 Å². The van der Waals surface area contributed by atoms with Crippen molar-refractivity contribution in [2.75, 3.05) is 0 Å². The molecule has 0 atom stereocenters. The molecule has 10 heteroatoms. The summed E-state index contributed by atoms with van der Waals surface area (Å²) in [5, 5.41) is 13.5. The molecular weight excluding hydrogens is 338 g/mol. The lowest BCUT2D eigenvalue weighted by molar-refractivity contribution is -0.443. The van der Waals surface area contributed by atoms with E-state index in [4.69, 9.17) is 9.47 Å². The van der Waals surface area contributed by atoms with Crippen LogP contribution in [0.1, 0.15) is 32.6 Å². The number of carbonyl (C=O) groups excluding carboxylic acids is 2. The molecule has 0 saturated heterocycles. The van der Waals surface area contributed by atoms with Crippen molar-refractivity contribution in [3.8, 4) is 0 Å². The van der Waals surface area contributed by atoms with Gasteiger partial charge in [-0.15, -0.1) is 16.8 Å². The highest BCUT2D eigenvalue weighted by molar-refractivity contribution is 7.10. The minimum absolute atomic E-state index is 0.421. The lowest BCUT2D eigenvalue weighted by atomic mass is 10.4. The number of nitro groups is 1. The van der Waals surface area contributed by atoms with Crippen molar-refractivity contribution in [3.63, 3.8) is 0 Å². The molecule has 0 aromatic carbocycles. The van der Waals surface area contributed by atoms with E-state index < -0.39 is 35.1 Å². The molecule has 9 nitrogen and oxygen atoms in total. The first-order chi connectivity index (χ1) is 11.2. The van der Waals surface area contributed by atoms with Crippen LogP contribution in [0.3, 0.4) is 0 Å². The lowest BCUT2D eigenvalue weighted by Gasteiger charge is -2.18. The maximum absolute atomic E-state index is 12.1. The van der Waals surface area contributed by atoms with E-state index >= 15 is 0 Å². The van der Waals surface area contributed by atoms with Crippen LogP contribution in [0.25, 0.3) is 6.08 Å². The molecule has 0 bridgehead atoms. The SMILES string of the molecule is CC(C)OC(=O)NN(C(=O)OC(C)C)/C(=C\c1cccs1)[N+](=O)[O-]. The van der Waals surface area contributed by atoms with Gasteiger partial charge >= 0.3 is 18.0 Å². The molecule has 132 valence electrons. The first kappa shape index (κ1) is 19.4. The number of amides is 2. The molecule has 1 aromatic rings. The zero-order chi connectivity index (χ0) is 18.3. The molecule has 1 N–H and O–H groups in total. The van der Waals surface area contributed by atoms with Crippen molar-refractivity contribution in [2.24, 2.45) is 0 Å². The average molecular weight is 357 g/mol. The highest BCUT2D eigenvalue weighted by atomic mass is 32.1. The highest BCUT2D eigenvalue weighted by Crippen LogP contribution is 2.16. The summed E-state index contributed by atoms with van der Waals surface area (Å²) in [6, 6.07) is 3.33. The van der Waals surface area contributed by atoms with Gasteiger partial charge in [-0.25, -0.2) is 4.79 Å². The largest absolute Gasteiger partial charge is 0.532 e. The van der Waals surface area contributed by atoms with E-state index in [0.29, 0.717) is 9.89 Å². The van der Waals surface area contributed by atoms with E-state index in [1.165, 1.54) is 11.3 Å². The molecule has 0 aliphatic carbocycles. The van der Waals surface area contributed by atoms with Gasteiger partial charge in [0.15, 0.2) is 0 Å². The van der Waals surface area contributed by atoms with Crippen LogP contribution in [0, 0.1) is 10.1 Å². The number of hydrogen-bond donors (Lipinski definition) is 1. The third-order valence-electron chi connectivity index (χ3n) is 2.30. The maximum atomic E-state index is 12.1. The van der Waals surface area contributed by atoms with Crippen LogP contribution < -0.4 is 5.43 Å². The Balaban J connectivity index is 3.14. The summed E-state index contributed by atoms with van der Waals surface area (Å²) in [6.45, 7) is 6.37. The number of thiophene rings is 1. The average Bonchev–Trinajstić information content (AvgIpc) is 2.93. The van der Waals surface area contributed by atoms with Crippen LogP contribution >= 0.6 is 11.3 Å². The molecule has 24 heavy (non-hydrogen) atoms. The number of hydrazine groups is 1. The summed E-state index contributed by atoms with van der Waals surface area (Å²) >= 11 is 1.24. The van der Waals surface area contributed by atoms with Gasteiger partial charge in [0.25, 0.3) is 0 Å². The molecule has 1 heterocycles. The summed E-state index contributed by atoms with van der Waals surface area (Å²) in [4.78, 5) is 35.0. The van der Waals surface area contributed by atoms with E-state index in [1.807, 2.05) is 5.43 Å². The van der Waals surface area contributed by atoms with Crippen molar-refractivity contribution in [2.45, 2.75) is 39.9 Å². The zero-order valence-electron chi connectivity index (χ0n) is 13.7. The number of nitrogens with zero attached hydrogens (tertiary/aromatic N) is 2. The van der Waals surface area contributed by atoms with Crippen molar-refractivity contribution >= 4 is 29.6 Å². The molecule has 1 rings (SSSR count). The van der Waals surface area contributed by atoms with Crippen molar-refractivity contribution < 1.29 is 24.0 Å². The molecule has 0 fully saturated rings. The molecule has 1 aromatic heterocycles. The van der Waals surface area contributed by atoms with Crippen LogP contribution in [0.2, 0.25) is 0 Å². The third-order valence-corrected chi connectivity index (χ3v) is 3.11. The van der Waals surface area contributed by atoms with Crippen LogP contribution in [0.15, 0.2) is 23.3 Å². The predicted molar refractivity (Wildman–Crippen MR) is 87.5 cm³/mol. The standard InChI is InChI=1S/C14H19N3O6S/c1-9(2)22-13(18)15-16(14(19)23-10(3)4)12(17(20)21)8-11-6-5-7-24-11/h5-10H,1-4H3,(H,15,18)/b12-8+. The summed E-state index contributed by atoms with van der Waals surface area (Å²) in [6.07, 6.45) is -1.94. The van der Waals surface area contributed by atoms with E-state index in [1.54, 1.807) is 45.2 Å². The van der Waals surface area contributed by atoms with Crippen molar-refractivity contribution in [1.29, 1.82) is 0 Å². The second-order valence-electron chi connectivity index (χ2n) is 5.11. The van der Waals surface area contributed by atoms with Gasteiger partial charge < -0.3 is 19.6 Å². The van der Waals surface area contributed by atoms with Crippen LogP contribution in [0.4, 0.5) is 9.59 Å². The smallest absolute Gasteiger partial charge is 0.445 e. The normalized spacial score (nSPS) is 11.3. The molecule has 0 aliphatic heterocycles. The van der Waals surface area contributed by atoms with Gasteiger partial charge in [0.1, 0.15) is 6.10 Å². The van der Waals surface area contributed by atoms with Crippen LogP contribution in [0.5, 0.6) is 0 Å². The molecule has 0 unspecified atom stereocenters. The lowest BCUT2D eigenvalue weighted by Crippen LogP contribution is -2.48. The number of ether oxygens (including phenoxy) is 2. The Morgan fingerprint density at radius 1 is 1.29 bits per heavy atom. The molecule has 2 amide bonds. The van der Waals surface area contributed by atoms with Gasteiger partial charge in [0.05, 0.1) is 12.2 Å². The fourth-order valence-corrected chi connectivity index (χ4v) is 2.13. The Hall–Kier alpha value is -2.62. The minimum Gasteiger partial charge on any atom is -0.445 e. The Bertz CT molecular complexity index is 612. The van der Waals surface area contributed by atoms with E-state index in [-0.39, 0.29) is 0 Å². The maximum Gasteiger partial charge on any atom is 0.532 e. The second-order valence-corrected chi connectivity index (χ2v) is 6.09. The van der Waals surface area contributed by atoms with Gasteiger partial charge in [-0.05, 0) is 49.1 Å². The summed E-state index contributed by atoms with van der Waals surface area (Å²) in [5.74, 6) is -0.663. The van der Waals surface area contributed by atoms with Gasteiger partial charge in [0.2, 0.25) is 0 Å². The van der Waals surface area contributed by atoms with Gasteiger partial charge in [-0.2, -0.15) is 4.79 Å². The van der Waals surface area contributed by atoms with E-state index in [9.17, 15) is 19.7 Å². The van der Waals surface area contributed by atoms with Gasteiger partial charge in [-0.1, -0.05) is 6.07 Å². The molecule has 0 radical (unpaired) electrons. The zero-order valence-corrected chi connectivity index (χ0v) is 14.5. The summed E-state index contributed by atoms with van der Waals surface area (Å²) in [7, 11) is 0. The van der Waals surface area contributed by atoms with Crippen molar-refractivity contribution in [3.05, 3.63) is 38.3 Å². The predicted octanol–water partition coefficient (Wildman–Crippen LogP) is 3.22. The van der Waals surface area contributed by atoms with E-state index in [2.05, 4.69) is 0 Å². The van der Waals surface area contributed by atoms with Crippen molar-refractivity contribution in [1.82, 2.24) is 10.4 Å². The minimum atomic E-state index is -1.09. The van der Waals surface area contributed by atoms with Gasteiger partial charge in [-0.3, -0.25) is 0 Å². The Morgan fingerprint density at radius 3 is 2.38 bits per heavy atom. The third kappa shape index (κ3) is 6.24. The monoisotopic (exact) mass is 357 g/mol. The number of nitrogens with one attached hydrogen (secondary N) is 1. The van der Waals surface area contributed by atoms with Crippen LogP contribution in [-0.4, -0.2) is 34.3 Å². The highest BCUT2D eigenvalue weighted by Gasteiger charge is 2.35. The summed E-state index contributed by atoms with van der Waals surface area (Å²) in [5.41, 5.74) is 2.04. The molecule has 0 saturated carbocycles. The number of rotatable bonds is 5. The number of carbonyl (C=O) groups is 2. The van der Waals surface area contributed by atoms with E-state index in [0.717, 1.165) is 6.08 Å². The number of hydrogen-bond acceptors (Lipinski definition) is 7. The molecular formula is C14H19N3O6S. The Kier molecular flexibility index (Phi) is 7.18. The first-order valence-corrected chi connectivity index (χ1v) is 7.96. The Labute approximate surface area is 143 Å².